The molecule has 0 saturated heterocycles. The molecule has 1 aromatic rings. The fourth-order valence-electron chi connectivity index (χ4n) is 1.62. The molecule has 1 unspecified atom stereocenters. The minimum Gasteiger partial charge on any atom is -0.369 e. The SMILES string of the molecule is CC(Cn1ccnc1N)C1CC1. The van der Waals surface area contributed by atoms with Crippen LogP contribution < -0.4 is 5.73 Å². The molecule has 1 heterocycles. The number of nitrogens with zero attached hydrogens (tertiary/aromatic N) is 2. The van der Waals surface area contributed by atoms with E-state index in [9.17, 15) is 0 Å². The van der Waals surface area contributed by atoms with Gasteiger partial charge in [0.2, 0.25) is 0 Å². The Morgan fingerprint density at radius 1 is 1.75 bits per heavy atom. The van der Waals surface area contributed by atoms with E-state index in [1.807, 2.05) is 10.8 Å². The van der Waals surface area contributed by atoms with Gasteiger partial charge in [0.15, 0.2) is 5.95 Å². The Balaban J connectivity index is 1.97. The highest BCUT2D eigenvalue weighted by molar-refractivity contribution is 5.16. The van der Waals surface area contributed by atoms with Gasteiger partial charge >= 0.3 is 0 Å². The monoisotopic (exact) mass is 165 g/mol. The minimum absolute atomic E-state index is 0.641. The van der Waals surface area contributed by atoms with Crippen LogP contribution in [0.3, 0.4) is 0 Å². The first-order chi connectivity index (χ1) is 5.77. The molecule has 1 fully saturated rings. The third-order valence-electron chi connectivity index (χ3n) is 2.66. The number of hydrogen-bond donors (Lipinski definition) is 1. The Labute approximate surface area is 72.6 Å². The summed E-state index contributed by atoms with van der Waals surface area (Å²) in [6.45, 7) is 3.31. The molecule has 12 heavy (non-hydrogen) atoms. The summed E-state index contributed by atoms with van der Waals surface area (Å²) < 4.78 is 2.03. The zero-order chi connectivity index (χ0) is 8.55. The number of aromatic nitrogens is 2. The zero-order valence-corrected chi connectivity index (χ0v) is 7.40. The van der Waals surface area contributed by atoms with Crippen LogP contribution in [-0.2, 0) is 6.54 Å². The van der Waals surface area contributed by atoms with Crippen molar-refractivity contribution in [3.8, 4) is 0 Å². The van der Waals surface area contributed by atoms with Crippen LogP contribution in [0.1, 0.15) is 19.8 Å². The summed E-state index contributed by atoms with van der Waals surface area (Å²) in [6, 6.07) is 0. The van der Waals surface area contributed by atoms with E-state index in [-0.39, 0.29) is 0 Å². The van der Waals surface area contributed by atoms with Crippen LogP contribution in [-0.4, -0.2) is 9.55 Å². The molecule has 0 bridgehead atoms. The van der Waals surface area contributed by atoms with Gasteiger partial charge in [-0.1, -0.05) is 6.92 Å². The van der Waals surface area contributed by atoms with E-state index in [1.165, 1.54) is 12.8 Å². The molecule has 0 aromatic carbocycles. The van der Waals surface area contributed by atoms with E-state index in [4.69, 9.17) is 5.73 Å². The maximum absolute atomic E-state index is 5.66. The summed E-state index contributed by atoms with van der Waals surface area (Å²) in [6.07, 6.45) is 6.51. The molecule has 0 spiro atoms. The number of nitrogens with two attached hydrogens (primary N) is 1. The highest BCUT2D eigenvalue weighted by Crippen LogP contribution is 2.37. The highest BCUT2D eigenvalue weighted by Gasteiger charge is 2.28. The summed E-state index contributed by atoms with van der Waals surface area (Å²) in [5, 5.41) is 0. The van der Waals surface area contributed by atoms with Crippen molar-refractivity contribution in [3.05, 3.63) is 12.4 Å². The lowest BCUT2D eigenvalue weighted by molar-refractivity contribution is 0.433. The van der Waals surface area contributed by atoms with E-state index in [1.54, 1.807) is 6.20 Å². The minimum atomic E-state index is 0.641. The van der Waals surface area contributed by atoms with E-state index in [0.29, 0.717) is 5.95 Å². The topological polar surface area (TPSA) is 43.8 Å². The molecule has 1 atom stereocenters. The van der Waals surface area contributed by atoms with Crippen LogP contribution in [0.2, 0.25) is 0 Å². The van der Waals surface area contributed by atoms with Gasteiger partial charge in [-0.15, -0.1) is 0 Å². The van der Waals surface area contributed by atoms with Gasteiger partial charge in [-0.2, -0.15) is 0 Å². The van der Waals surface area contributed by atoms with E-state index in [2.05, 4.69) is 11.9 Å². The second-order valence-electron chi connectivity index (χ2n) is 3.75. The summed E-state index contributed by atoms with van der Waals surface area (Å²) in [4.78, 5) is 3.99. The molecule has 66 valence electrons. The molecule has 3 heteroatoms. The lowest BCUT2D eigenvalue weighted by atomic mass is 10.1. The standard InChI is InChI=1S/C9H15N3/c1-7(8-2-3-8)6-12-5-4-11-9(12)10/h4-5,7-8H,2-3,6H2,1H3,(H2,10,11). The van der Waals surface area contributed by atoms with Gasteiger partial charge in [0.1, 0.15) is 0 Å². The Morgan fingerprint density at radius 2 is 2.50 bits per heavy atom. The molecule has 1 saturated carbocycles. The molecule has 2 rings (SSSR count). The fraction of sp³-hybridized carbons (Fsp3) is 0.667. The van der Waals surface area contributed by atoms with Gasteiger partial charge in [-0.3, -0.25) is 0 Å². The summed E-state index contributed by atoms with van der Waals surface area (Å²) >= 11 is 0. The molecule has 1 aliphatic rings. The number of hydrogen-bond acceptors (Lipinski definition) is 2. The van der Waals surface area contributed by atoms with Gasteiger partial charge in [-0.05, 0) is 24.7 Å². The maximum atomic E-state index is 5.66. The average Bonchev–Trinajstić information content (AvgIpc) is 2.80. The van der Waals surface area contributed by atoms with Crippen molar-refractivity contribution in [2.24, 2.45) is 11.8 Å². The molecule has 0 aliphatic heterocycles. The van der Waals surface area contributed by atoms with Gasteiger partial charge in [0, 0.05) is 18.9 Å². The largest absolute Gasteiger partial charge is 0.369 e. The quantitative estimate of drug-likeness (QED) is 0.737. The van der Waals surface area contributed by atoms with E-state index >= 15 is 0 Å². The molecule has 2 N–H and O–H groups in total. The van der Waals surface area contributed by atoms with Crippen molar-refractivity contribution in [1.29, 1.82) is 0 Å². The highest BCUT2D eigenvalue weighted by atomic mass is 15.1. The molecule has 0 radical (unpaired) electrons. The molecule has 0 amide bonds. The number of imidazole rings is 1. The Bertz CT molecular complexity index is 262. The summed E-state index contributed by atoms with van der Waals surface area (Å²) in [7, 11) is 0. The first kappa shape index (κ1) is 7.65. The molecular weight excluding hydrogens is 150 g/mol. The van der Waals surface area contributed by atoms with Crippen molar-refractivity contribution in [3.63, 3.8) is 0 Å². The van der Waals surface area contributed by atoms with Crippen molar-refractivity contribution < 1.29 is 0 Å². The molecule has 1 aromatic heterocycles. The summed E-state index contributed by atoms with van der Waals surface area (Å²) in [5.74, 6) is 2.33. The smallest absolute Gasteiger partial charge is 0.200 e. The van der Waals surface area contributed by atoms with Gasteiger partial charge < -0.3 is 10.3 Å². The van der Waals surface area contributed by atoms with E-state index < -0.39 is 0 Å². The zero-order valence-electron chi connectivity index (χ0n) is 7.40. The lowest BCUT2D eigenvalue weighted by Crippen LogP contribution is -2.10. The molecule has 1 aliphatic carbocycles. The van der Waals surface area contributed by atoms with E-state index in [0.717, 1.165) is 18.4 Å². The second kappa shape index (κ2) is 2.81. The average molecular weight is 165 g/mol. The molecular formula is C9H15N3. The molecule has 3 nitrogen and oxygen atoms in total. The predicted molar refractivity (Wildman–Crippen MR) is 48.5 cm³/mol. The number of rotatable bonds is 3. The number of nitrogen functional groups attached to an aromatic ring is 1. The predicted octanol–water partition coefficient (Wildman–Crippen LogP) is 1.51. The Morgan fingerprint density at radius 3 is 3.00 bits per heavy atom. The van der Waals surface area contributed by atoms with Crippen molar-refractivity contribution >= 4 is 5.95 Å². The van der Waals surface area contributed by atoms with Crippen molar-refractivity contribution in [1.82, 2.24) is 9.55 Å². The van der Waals surface area contributed by atoms with Crippen LogP contribution in [0.4, 0.5) is 5.95 Å². The third kappa shape index (κ3) is 1.44. The Hall–Kier alpha value is -0.990. The van der Waals surface area contributed by atoms with Crippen LogP contribution >= 0.6 is 0 Å². The van der Waals surface area contributed by atoms with Crippen LogP contribution in [0.25, 0.3) is 0 Å². The maximum Gasteiger partial charge on any atom is 0.200 e. The Kier molecular flexibility index (Phi) is 1.79. The first-order valence-corrected chi connectivity index (χ1v) is 4.54. The van der Waals surface area contributed by atoms with Crippen LogP contribution in [0.15, 0.2) is 12.4 Å². The van der Waals surface area contributed by atoms with Crippen molar-refractivity contribution in [2.45, 2.75) is 26.3 Å². The second-order valence-corrected chi connectivity index (χ2v) is 3.75. The number of anilines is 1. The van der Waals surface area contributed by atoms with Gasteiger partial charge in [0.05, 0.1) is 0 Å². The van der Waals surface area contributed by atoms with Crippen LogP contribution in [0, 0.1) is 11.8 Å². The lowest BCUT2D eigenvalue weighted by Gasteiger charge is -2.11. The first-order valence-electron chi connectivity index (χ1n) is 4.54. The summed E-state index contributed by atoms with van der Waals surface area (Å²) in [5.41, 5.74) is 5.66. The van der Waals surface area contributed by atoms with Gasteiger partial charge in [0.25, 0.3) is 0 Å². The van der Waals surface area contributed by atoms with Crippen LogP contribution in [0.5, 0.6) is 0 Å². The van der Waals surface area contributed by atoms with Gasteiger partial charge in [-0.25, -0.2) is 4.98 Å². The third-order valence-corrected chi connectivity index (χ3v) is 2.66. The normalized spacial score (nSPS) is 19.4. The fourth-order valence-corrected chi connectivity index (χ4v) is 1.62. The van der Waals surface area contributed by atoms with Crippen molar-refractivity contribution in [2.75, 3.05) is 5.73 Å².